The van der Waals surface area contributed by atoms with Crippen molar-refractivity contribution in [2.45, 2.75) is 12.6 Å². The molecule has 1 aromatic heterocycles. The number of ether oxygens (including phenoxy) is 1. The summed E-state index contributed by atoms with van der Waals surface area (Å²) in [5.41, 5.74) is -0.0402. The molecule has 0 fully saturated rings. The molecule has 0 aliphatic rings. The van der Waals surface area contributed by atoms with Crippen LogP contribution in [0, 0.1) is 5.82 Å². The predicted octanol–water partition coefficient (Wildman–Crippen LogP) is 0.0646. The maximum atomic E-state index is 13.3. The Morgan fingerprint density at radius 3 is 3.00 bits per heavy atom. The molecular weight excluding hydrogens is 255 g/mol. The fourth-order valence-electron chi connectivity index (χ4n) is 1.42. The maximum absolute atomic E-state index is 13.3. The van der Waals surface area contributed by atoms with Crippen molar-refractivity contribution >= 4 is 6.29 Å². The lowest BCUT2D eigenvalue weighted by Crippen LogP contribution is -2.24. The quantitative estimate of drug-likeness (QED) is 0.744. The molecule has 1 aromatic carbocycles. The van der Waals surface area contributed by atoms with Crippen LogP contribution in [0.2, 0.25) is 0 Å². The number of hydrogen-bond donors (Lipinski definition) is 1. The summed E-state index contributed by atoms with van der Waals surface area (Å²) in [6, 6.07) is 3.86. The van der Waals surface area contributed by atoms with Crippen molar-refractivity contribution in [3.8, 4) is 5.75 Å². The monoisotopic (exact) mass is 266 g/mol. The Labute approximate surface area is 107 Å². The van der Waals surface area contributed by atoms with Crippen LogP contribution in [-0.4, -0.2) is 44.3 Å². The smallest absolute Gasteiger partial charge is 0.152 e. The second kappa shape index (κ2) is 6.01. The van der Waals surface area contributed by atoms with Gasteiger partial charge in [-0.3, -0.25) is 4.79 Å². The minimum Gasteiger partial charge on any atom is -0.491 e. The standard InChI is InChI=1S/C11H11FN4O3/c12-11-3-10(2-1-8(11)5-17)19-6-9(18)4-16-7-13-14-15-16/h1-3,5,7,9,18H,4,6H2. The first-order chi connectivity index (χ1) is 9.19. The van der Waals surface area contributed by atoms with Gasteiger partial charge in [0.2, 0.25) is 0 Å². The van der Waals surface area contributed by atoms with Gasteiger partial charge in [0.25, 0.3) is 0 Å². The summed E-state index contributed by atoms with van der Waals surface area (Å²) in [5.74, 6) is -0.429. The molecule has 8 heteroatoms. The SMILES string of the molecule is O=Cc1ccc(OCC(O)Cn2cnnn2)cc1F. The number of aldehydes is 1. The van der Waals surface area contributed by atoms with Crippen LogP contribution in [0.3, 0.4) is 0 Å². The first-order valence-electron chi connectivity index (χ1n) is 5.45. The molecule has 100 valence electrons. The van der Waals surface area contributed by atoms with Crippen LogP contribution in [0.5, 0.6) is 5.75 Å². The van der Waals surface area contributed by atoms with Crippen molar-refractivity contribution in [2.24, 2.45) is 0 Å². The van der Waals surface area contributed by atoms with E-state index in [0.717, 1.165) is 6.07 Å². The average molecular weight is 266 g/mol. The maximum Gasteiger partial charge on any atom is 0.152 e. The number of benzene rings is 1. The van der Waals surface area contributed by atoms with E-state index in [4.69, 9.17) is 4.74 Å². The molecule has 0 saturated carbocycles. The van der Waals surface area contributed by atoms with Gasteiger partial charge in [-0.1, -0.05) is 0 Å². The highest BCUT2D eigenvalue weighted by molar-refractivity contribution is 5.75. The van der Waals surface area contributed by atoms with E-state index in [0.29, 0.717) is 6.29 Å². The number of carbonyl (C=O) groups is 1. The van der Waals surface area contributed by atoms with Crippen molar-refractivity contribution in [3.05, 3.63) is 35.9 Å². The molecule has 19 heavy (non-hydrogen) atoms. The molecule has 7 nitrogen and oxygen atoms in total. The van der Waals surface area contributed by atoms with Gasteiger partial charge < -0.3 is 9.84 Å². The first-order valence-corrected chi connectivity index (χ1v) is 5.45. The van der Waals surface area contributed by atoms with Gasteiger partial charge in [0.05, 0.1) is 12.1 Å². The van der Waals surface area contributed by atoms with Gasteiger partial charge in [-0.25, -0.2) is 9.07 Å². The third-order valence-corrected chi connectivity index (χ3v) is 2.33. The van der Waals surface area contributed by atoms with Crippen LogP contribution in [0.4, 0.5) is 4.39 Å². The van der Waals surface area contributed by atoms with Crippen LogP contribution in [0.1, 0.15) is 10.4 Å². The van der Waals surface area contributed by atoms with Gasteiger partial charge in [0.15, 0.2) is 6.29 Å². The Bertz CT molecular complexity index is 547. The summed E-state index contributed by atoms with van der Waals surface area (Å²) in [7, 11) is 0. The van der Waals surface area contributed by atoms with E-state index in [1.165, 1.54) is 23.1 Å². The summed E-state index contributed by atoms with van der Waals surface area (Å²) in [5, 5.41) is 20.1. The fraction of sp³-hybridized carbons (Fsp3) is 0.273. The van der Waals surface area contributed by atoms with Crippen LogP contribution in [0.15, 0.2) is 24.5 Å². The third kappa shape index (κ3) is 3.55. The molecule has 2 aromatic rings. The lowest BCUT2D eigenvalue weighted by Gasteiger charge is -2.12. The van der Waals surface area contributed by atoms with Gasteiger partial charge in [-0.2, -0.15) is 0 Å². The van der Waals surface area contributed by atoms with Crippen molar-refractivity contribution in [3.63, 3.8) is 0 Å². The van der Waals surface area contributed by atoms with E-state index in [9.17, 15) is 14.3 Å². The number of rotatable bonds is 6. The number of aliphatic hydroxyl groups is 1. The molecule has 0 aliphatic carbocycles. The predicted molar refractivity (Wildman–Crippen MR) is 61.1 cm³/mol. The number of hydrogen-bond acceptors (Lipinski definition) is 6. The minimum atomic E-state index is -0.836. The Kier molecular flexibility index (Phi) is 4.14. The van der Waals surface area contributed by atoms with Crippen LogP contribution >= 0.6 is 0 Å². The molecule has 1 heterocycles. The summed E-state index contributed by atoms with van der Waals surface area (Å²) < 4.78 is 19.8. The number of tetrazole rings is 1. The van der Waals surface area contributed by atoms with Gasteiger partial charge in [0.1, 0.15) is 30.6 Å². The number of aliphatic hydroxyl groups excluding tert-OH is 1. The number of aromatic nitrogens is 4. The second-order valence-corrected chi connectivity index (χ2v) is 3.80. The Hall–Kier alpha value is -2.35. The summed E-state index contributed by atoms with van der Waals surface area (Å²) >= 11 is 0. The van der Waals surface area contributed by atoms with E-state index >= 15 is 0 Å². The van der Waals surface area contributed by atoms with Crippen molar-refractivity contribution in [1.82, 2.24) is 20.2 Å². The largest absolute Gasteiger partial charge is 0.491 e. The van der Waals surface area contributed by atoms with Crippen molar-refractivity contribution in [2.75, 3.05) is 6.61 Å². The van der Waals surface area contributed by atoms with Gasteiger partial charge in [-0.15, -0.1) is 5.10 Å². The van der Waals surface area contributed by atoms with Gasteiger partial charge >= 0.3 is 0 Å². The van der Waals surface area contributed by atoms with E-state index in [-0.39, 0.29) is 24.5 Å². The van der Waals surface area contributed by atoms with E-state index < -0.39 is 11.9 Å². The Morgan fingerprint density at radius 1 is 1.53 bits per heavy atom. The van der Waals surface area contributed by atoms with E-state index in [1.54, 1.807) is 0 Å². The van der Waals surface area contributed by atoms with Gasteiger partial charge in [-0.05, 0) is 22.6 Å². The number of halogens is 1. The molecule has 0 aliphatic heterocycles. The van der Waals surface area contributed by atoms with E-state index in [1.807, 2.05) is 0 Å². The van der Waals surface area contributed by atoms with Crippen molar-refractivity contribution < 1.29 is 19.0 Å². The third-order valence-electron chi connectivity index (χ3n) is 2.33. The highest BCUT2D eigenvalue weighted by Gasteiger charge is 2.09. The molecule has 0 bridgehead atoms. The molecular formula is C11H11FN4O3. The van der Waals surface area contributed by atoms with E-state index in [2.05, 4.69) is 15.5 Å². The molecule has 1 unspecified atom stereocenters. The molecule has 0 spiro atoms. The van der Waals surface area contributed by atoms with Crippen LogP contribution in [-0.2, 0) is 6.54 Å². The molecule has 1 N–H and O–H groups in total. The summed E-state index contributed by atoms with van der Waals surface area (Å²) in [6.07, 6.45) is 0.949. The molecule has 0 radical (unpaired) electrons. The van der Waals surface area contributed by atoms with Crippen LogP contribution in [0.25, 0.3) is 0 Å². The zero-order valence-electron chi connectivity index (χ0n) is 9.81. The minimum absolute atomic E-state index is 0.0402. The topological polar surface area (TPSA) is 90.1 Å². The van der Waals surface area contributed by atoms with Crippen molar-refractivity contribution in [1.29, 1.82) is 0 Å². The summed E-state index contributed by atoms with van der Waals surface area (Å²) in [6.45, 7) is 0.127. The van der Waals surface area contributed by atoms with Crippen LogP contribution < -0.4 is 4.74 Å². The molecule has 0 saturated heterocycles. The Balaban J connectivity index is 1.88. The zero-order chi connectivity index (χ0) is 13.7. The fourth-order valence-corrected chi connectivity index (χ4v) is 1.42. The molecule has 1 atom stereocenters. The second-order valence-electron chi connectivity index (χ2n) is 3.80. The van der Waals surface area contributed by atoms with Gasteiger partial charge in [0, 0.05) is 6.07 Å². The summed E-state index contributed by atoms with van der Waals surface area (Å²) in [4.78, 5) is 10.4. The average Bonchev–Trinajstić information content (AvgIpc) is 2.89. The Morgan fingerprint density at radius 2 is 2.37 bits per heavy atom. The number of carbonyl (C=O) groups excluding carboxylic acids is 1. The lowest BCUT2D eigenvalue weighted by atomic mass is 10.2. The highest BCUT2D eigenvalue weighted by Crippen LogP contribution is 2.15. The number of nitrogens with zero attached hydrogens (tertiary/aromatic N) is 4. The lowest BCUT2D eigenvalue weighted by molar-refractivity contribution is 0.0885. The highest BCUT2D eigenvalue weighted by atomic mass is 19.1. The molecule has 2 rings (SSSR count). The normalized spacial score (nSPS) is 12.1. The molecule has 0 amide bonds. The zero-order valence-corrected chi connectivity index (χ0v) is 9.81. The first kappa shape index (κ1) is 13.1.